The molecular formula is C31H36N4O4. The quantitative estimate of drug-likeness (QED) is 0.351. The van der Waals surface area contributed by atoms with Crippen molar-refractivity contribution in [3.8, 4) is 5.75 Å². The van der Waals surface area contributed by atoms with E-state index in [2.05, 4.69) is 44.7 Å². The highest BCUT2D eigenvalue weighted by Crippen LogP contribution is 2.30. The number of anilines is 2. The van der Waals surface area contributed by atoms with Gasteiger partial charge >= 0.3 is 5.97 Å². The maximum absolute atomic E-state index is 12.8. The predicted octanol–water partition coefficient (Wildman–Crippen LogP) is 5.79. The van der Waals surface area contributed by atoms with Gasteiger partial charge in [-0.2, -0.15) is 0 Å². The van der Waals surface area contributed by atoms with Gasteiger partial charge in [-0.05, 0) is 80.5 Å². The van der Waals surface area contributed by atoms with Crippen molar-refractivity contribution < 1.29 is 19.1 Å². The molecule has 5 rings (SSSR count). The first-order valence-corrected chi connectivity index (χ1v) is 13.9. The largest absolute Gasteiger partial charge is 0.490 e. The molecule has 0 bridgehead atoms. The molecule has 0 atom stereocenters. The fourth-order valence-electron chi connectivity index (χ4n) is 5.59. The Morgan fingerprint density at radius 1 is 0.872 bits per heavy atom. The molecule has 8 nitrogen and oxygen atoms in total. The second kappa shape index (κ2) is 12.7. The Morgan fingerprint density at radius 3 is 2.23 bits per heavy atom. The number of hydrogen-bond donors (Lipinski definition) is 1. The van der Waals surface area contributed by atoms with E-state index in [0.29, 0.717) is 23.2 Å². The van der Waals surface area contributed by atoms with E-state index in [9.17, 15) is 9.59 Å². The number of nitrogens with one attached hydrogen (secondary N) is 1. The normalized spacial score (nSPS) is 19.3. The van der Waals surface area contributed by atoms with Gasteiger partial charge in [0.05, 0.1) is 19.1 Å². The molecule has 2 aliphatic rings. The van der Waals surface area contributed by atoms with Gasteiger partial charge in [-0.25, -0.2) is 0 Å². The van der Waals surface area contributed by atoms with Crippen molar-refractivity contribution in [2.24, 2.45) is 5.92 Å². The number of aromatic nitrogens is 2. The topological polar surface area (TPSA) is 93.6 Å². The van der Waals surface area contributed by atoms with Crippen LogP contribution in [0.25, 0.3) is 0 Å². The number of hydrogen-bond acceptors (Lipinski definition) is 7. The molecular weight excluding hydrogens is 492 g/mol. The zero-order valence-corrected chi connectivity index (χ0v) is 22.4. The number of nitrogens with zero attached hydrogens (tertiary/aromatic N) is 3. The molecule has 0 radical (unpaired) electrons. The lowest BCUT2D eigenvalue weighted by molar-refractivity contribution is -0.147. The van der Waals surface area contributed by atoms with Gasteiger partial charge in [-0.15, -0.1) is 10.2 Å². The number of benzene rings is 2. The van der Waals surface area contributed by atoms with Gasteiger partial charge in [0.1, 0.15) is 5.75 Å². The highest BCUT2D eigenvalue weighted by atomic mass is 16.5. The Hall–Kier alpha value is -3.94. The number of esters is 1. The van der Waals surface area contributed by atoms with Crippen LogP contribution in [0, 0.1) is 5.92 Å². The molecule has 204 valence electrons. The Kier molecular flexibility index (Phi) is 8.71. The number of carbonyl (C=O) groups is 2. The van der Waals surface area contributed by atoms with Gasteiger partial charge in [0.2, 0.25) is 0 Å². The molecule has 2 aromatic carbocycles. The van der Waals surface area contributed by atoms with Crippen LogP contribution in [0.3, 0.4) is 0 Å². The Balaban J connectivity index is 1.16. The molecule has 1 amide bonds. The third-order valence-corrected chi connectivity index (χ3v) is 7.78. The minimum atomic E-state index is -0.251. The minimum Gasteiger partial charge on any atom is -0.490 e. The zero-order valence-electron chi connectivity index (χ0n) is 22.4. The molecule has 0 saturated heterocycles. The smallest absolute Gasteiger partial charge is 0.308 e. The zero-order chi connectivity index (χ0) is 27.0. The summed E-state index contributed by atoms with van der Waals surface area (Å²) in [5, 5.41) is 11.6. The fraction of sp³-hybridized carbons (Fsp3) is 0.419. The third-order valence-electron chi connectivity index (χ3n) is 7.78. The number of rotatable bonds is 9. The van der Waals surface area contributed by atoms with Crippen LogP contribution >= 0.6 is 0 Å². The van der Waals surface area contributed by atoms with Crippen molar-refractivity contribution in [3.63, 3.8) is 0 Å². The molecule has 1 heterocycles. The van der Waals surface area contributed by atoms with Crippen LogP contribution in [-0.4, -0.2) is 41.3 Å². The first-order valence-electron chi connectivity index (χ1n) is 13.9. The minimum absolute atomic E-state index is 0.0345. The summed E-state index contributed by atoms with van der Waals surface area (Å²) < 4.78 is 10.9. The molecule has 1 aromatic heterocycles. The molecule has 0 spiro atoms. The van der Waals surface area contributed by atoms with Crippen LogP contribution in [0.4, 0.5) is 11.6 Å². The fourth-order valence-corrected chi connectivity index (χ4v) is 5.59. The van der Waals surface area contributed by atoms with E-state index in [1.807, 2.05) is 18.2 Å². The van der Waals surface area contributed by atoms with Gasteiger partial charge in [-0.1, -0.05) is 43.2 Å². The van der Waals surface area contributed by atoms with Gasteiger partial charge in [-0.3, -0.25) is 9.59 Å². The van der Waals surface area contributed by atoms with Crippen molar-refractivity contribution in [2.45, 2.75) is 70.1 Å². The van der Waals surface area contributed by atoms with Crippen LogP contribution in [0.1, 0.15) is 67.3 Å². The summed E-state index contributed by atoms with van der Waals surface area (Å²) in [5.41, 5.74) is 1.75. The number of carbonyl (C=O) groups excluding carboxylic acids is 2. The Labute approximate surface area is 229 Å². The molecule has 3 aromatic rings. The lowest BCUT2D eigenvalue weighted by Crippen LogP contribution is -2.33. The molecule has 2 aliphatic carbocycles. The SMILES string of the molecule is COC(=O)C1CCC(Oc2ccc(C(=O)Nc3ccc(N(Cc4ccccc4)C4CCCC4)nn3)cc2)CC1. The third kappa shape index (κ3) is 6.93. The summed E-state index contributed by atoms with van der Waals surface area (Å²) in [6.07, 6.45) is 7.98. The maximum Gasteiger partial charge on any atom is 0.308 e. The Bertz CT molecular complexity index is 1220. The van der Waals surface area contributed by atoms with E-state index in [1.165, 1.54) is 25.5 Å². The molecule has 0 aliphatic heterocycles. The molecule has 39 heavy (non-hydrogen) atoms. The molecule has 0 unspecified atom stereocenters. The average molecular weight is 529 g/mol. The van der Waals surface area contributed by atoms with Crippen LogP contribution in [0.2, 0.25) is 0 Å². The van der Waals surface area contributed by atoms with Crippen molar-refractivity contribution in [1.29, 1.82) is 0 Å². The monoisotopic (exact) mass is 528 g/mol. The second-order valence-electron chi connectivity index (χ2n) is 10.4. The summed E-state index contributed by atoms with van der Waals surface area (Å²) in [4.78, 5) is 26.9. The molecule has 2 saturated carbocycles. The van der Waals surface area contributed by atoms with Gasteiger partial charge in [0, 0.05) is 18.2 Å². The van der Waals surface area contributed by atoms with Crippen molar-refractivity contribution in [1.82, 2.24) is 10.2 Å². The highest BCUT2D eigenvalue weighted by molar-refractivity contribution is 6.03. The predicted molar refractivity (Wildman–Crippen MR) is 150 cm³/mol. The summed E-state index contributed by atoms with van der Waals surface area (Å²) in [6.45, 7) is 0.785. The number of ether oxygens (including phenoxy) is 2. The number of methoxy groups -OCH3 is 1. The van der Waals surface area contributed by atoms with Crippen molar-refractivity contribution in [3.05, 3.63) is 77.9 Å². The van der Waals surface area contributed by atoms with Gasteiger partial charge < -0.3 is 19.7 Å². The summed E-state index contributed by atoms with van der Waals surface area (Å²) in [7, 11) is 1.43. The summed E-state index contributed by atoms with van der Waals surface area (Å²) >= 11 is 0. The summed E-state index contributed by atoms with van der Waals surface area (Å²) in [5.74, 6) is 1.53. The molecule has 2 fully saturated rings. The summed E-state index contributed by atoms with van der Waals surface area (Å²) in [6, 6.07) is 21.7. The van der Waals surface area contributed by atoms with E-state index < -0.39 is 0 Å². The first kappa shape index (κ1) is 26.7. The van der Waals surface area contributed by atoms with Crippen molar-refractivity contribution >= 4 is 23.5 Å². The number of amides is 1. The molecule has 1 N–H and O–H groups in total. The van der Waals surface area contributed by atoms with E-state index in [4.69, 9.17) is 9.47 Å². The second-order valence-corrected chi connectivity index (χ2v) is 10.4. The lowest BCUT2D eigenvalue weighted by Gasteiger charge is -2.30. The van der Waals surface area contributed by atoms with E-state index in [0.717, 1.165) is 50.9 Å². The Morgan fingerprint density at radius 2 is 1.59 bits per heavy atom. The van der Waals surface area contributed by atoms with E-state index >= 15 is 0 Å². The lowest BCUT2D eigenvalue weighted by atomic mass is 9.87. The van der Waals surface area contributed by atoms with Crippen LogP contribution < -0.4 is 15.0 Å². The van der Waals surface area contributed by atoms with E-state index in [-0.39, 0.29) is 23.9 Å². The standard InChI is InChI=1S/C31H36N4O4/c1-38-31(37)24-13-17-27(18-14-24)39-26-15-11-23(12-16-26)30(36)32-28-19-20-29(34-33-28)35(25-9-5-6-10-25)21-22-7-3-2-4-8-22/h2-4,7-8,11-12,15-16,19-20,24-25,27H,5-6,9-10,13-14,17-18,21H2,1H3,(H,32,33,36). The maximum atomic E-state index is 12.8. The van der Waals surface area contributed by atoms with Gasteiger partial charge in [0.15, 0.2) is 11.6 Å². The average Bonchev–Trinajstić information content (AvgIpc) is 3.52. The van der Waals surface area contributed by atoms with Crippen LogP contribution in [-0.2, 0) is 16.1 Å². The van der Waals surface area contributed by atoms with Gasteiger partial charge in [0.25, 0.3) is 5.91 Å². The molecule has 8 heteroatoms. The van der Waals surface area contributed by atoms with Crippen LogP contribution in [0.5, 0.6) is 5.75 Å². The van der Waals surface area contributed by atoms with Crippen molar-refractivity contribution in [2.75, 3.05) is 17.3 Å². The van der Waals surface area contributed by atoms with Crippen LogP contribution in [0.15, 0.2) is 66.7 Å². The first-order chi connectivity index (χ1) is 19.1. The highest BCUT2D eigenvalue weighted by Gasteiger charge is 2.28. The van der Waals surface area contributed by atoms with E-state index in [1.54, 1.807) is 24.3 Å².